The molecule has 1 aliphatic rings. The van der Waals surface area contributed by atoms with Crippen molar-refractivity contribution < 1.29 is 22.7 Å². The zero-order valence-corrected chi connectivity index (χ0v) is 24.3. The number of carbonyl (C=O) groups excluding carboxylic acids is 1. The number of sulfonamides is 1. The summed E-state index contributed by atoms with van der Waals surface area (Å²) in [5.41, 5.74) is 1.11. The van der Waals surface area contributed by atoms with Crippen LogP contribution in [0.5, 0.6) is 11.5 Å². The van der Waals surface area contributed by atoms with Crippen molar-refractivity contribution in [2.75, 3.05) is 53.4 Å². The Balaban J connectivity index is 1.62. The highest BCUT2D eigenvalue weighted by Crippen LogP contribution is 2.37. The third-order valence-corrected chi connectivity index (χ3v) is 9.96. The van der Waals surface area contributed by atoms with Crippen LogP contribution in [-0.2, 0) is 10.0 Å². The highest BCUT2D eigenvalue weighted by molar-refractivity contribution is 7.89. The lowest BCUT2D eigenvalue weighted by Crippen LogP contribution is -2.38. The molecule has 1 amide bonds. The largest absolute Gasteiger partial charge is 0.493 e. The molecule has 0 aliphatic heterocycles. The standard InChI is InChI=1S/C27H36N4O5S2/c1-29(2)15-16-31(27-28-22-17-23(35-4)24(36-5)18-25(22)37-27)26(32)19-11-13-21(14-12-19)38(33,34)30(3)20-9-7-6-8-10-20/h11-14,17-18,20H,6-10,15-16H2,1-5H3. The summed E-state index contributed by atoms with van der Waals surface area (Å²) >= 11 is 1.39. The molecule has 0 atom stereocenters. The minimum atomic E-state index is -3.64. The Kier molecular flexibility index (Phi) is 8.92. The average Bonchev–Trinajstić information content (AvgIpc) is 3.34. The van der Waals surface area contributed by atoms with Crippen LogP contribution in [0.1, 0.15) is 42.5 Å². The SMILES string of the molecule is COc1cc2nc(N(CCN(C)C)C(=O)c3ccc(S(=O)(=O)N(C)C4CCCCC4)cc3)sc2cc1OC. The molecule has 1 fully saturated rings. The van der Waals surface area contributed by atoms with Crippen molar-refractivity contribution >= 4 is 42.6 Å². The maximum Gasteiger partial charge on any atom is 0.260 e. The molecule has 0 radical (unpaired) electrons. The summed E-state index contributed by atoms with van der Waals surface area (Å²) in [5, 5.41) is 0.552. The van der Waals surface area contributed by atoms with Crippen LogP contribution in [0.15, 0.2) is 41.3 Å². The van der Waals surface area contributed by atoms with Crippen LogP contribution in [-0.4, -0.2) is 83.0 Å². The lowest BCUT2D eigenvalue weighted by atomic mass is 9.96. The van der Waals surface area contributed by atoms with E-state index >= 15 is 0 Å². The summed E-state index contributed by atoms with van der Waals surface area (Å²) in [6.45, 7) is 1.05. The normalized spacial score (nSPS) is 14.8. The smallest absolute Gasteiger partial charge is 0.260 e. The summed E-state index contributed by atoms with van der Waals surface area (Å²) in [5.74, 6) is 0.920. The first kappa shape index (κ1) is 28.3. The summed E-state index contributed by atoms with van der Waals surface area (Å²) in [6.07, 6.45) is 5.01. The molecule has 1 saturated carbocycles. The Morgan fingerprint density at radius 2 is 1.61 bits per heavy atom. The molecule has 3 aromatic rings. The predicted molar refractivity (Wildman–Crippen MR) is 151 cm³/mol. The molecular weight excluding hydrogens is 524 g/mol. The van der Waals surface area contributed by atoms with Crippen molar-refractivity contribution in [2.45, 2.75) is 43.0 Å². The van der Waals surface area contributed by atoms with Gasteiger partial charge >= 0.3 is 0 Å². The van der Waals surface area contributed by atoms with Crippen LogP contribution in [0.3, 0.4) is 0 Å². The number of rotatable bonds is 10. The van der Waals surface area contributed by atoms with E-state index in [1.54, 1.807) is 44.4 Å². The van der Waals surface area contributed by atoms with Gasteiger partial charge in [0.15, 0.2) is 16.6 Å². The van der Waals surface area contributed by atoms with Crippen molar-refractivity contribution in [1.29, 1.82) is 0 Å². The minimum absolute atomic E-state index is 0.0212. The first-order valence-electron chi connectivity index (χ1n) is 12.7. The van der Waals surface area contributed by atoms with Crippen molar-refractivity contribution in [3.05, 3.63) is 42.0 Å². The second-order valence-corrected chi connectivity index (χ2v) is 12.8. The van der Waals surface area contributed by atoms with Gasteiger partial charge in [-0.25, -0.2) is 13.4 Å². The number of hydrogen-bond donors (Lipinski definition) is 0. The summed E-state index contributed by atoms with van der Waals surface area (Å²) in [4.78, 5) is 22.2. The van der Waals surface area contributed by atoms with E-state index in [0.717, 1.165) is 36.8 Å². The Labute approximate surface area is 229 Å². The molecule has 38 heavy (non-hydrogen) atoms. The van der Waals surface area contributed by atoms with Crippen LogP contribution in [0.25, 0.3) is 10.2 Å². The van der Waals surface area contributed by atoms with Gasteiger partial charge in [0, 0.05) is 43.9 Å². The number of benzene rings is 2. The molecule has 206 valence electrons. The zero-order valence-electron chi connectivity index (χ0n) is 22.6. The molecule has 9 nitrogen and oxygen atoms in total. The molecule has 0 N–H and O–H groups in total. The molecular formula is C27H36N4O5S2. The van der Waals surface area contributed by atoms with E-state index in [4.69, 9.17) is 14.5 Å². The van der Waals surface area contributed by atoms with Gasteiger partial charge in [-0.3, -0.25) is 9.69 Å². The number of methoxy groups -OCH3 is 2. The second kappa shape index (κ2) is 12.0. The number of anilines is 1. The predicted octanol–water partition coefficient (Wildman–Crippen LogP) is 4.48. The number of carbonyl (C=O) groups is 1. The van der Waals surface area contributed by atoms with Crippen LogP contribution in [0, 0.1) is 0 Å². The first-order valence-corrected chi connectivity index (χ1v) is 15.0. The quantitative estimate of drug-likeness (QED) is 0.361. The monoisotopic (exact) mass is 560 g/mol. The Hall–Kier alpha value is -2.73. The van der Waals surface area contributed by atoms with Gasteiger partial charge < -0.3 is 14.4 Å². The number of hydrogen-bond acceptors (Lipinski definition) is 8. The van der Waals surface area contributed by atoms with Gasteiger partial charge in [0.25, 0.3) is 5.91 Å². The third kappa shape index (κ3) is 5.96. The van der Waals surface area contributed by atoms with Crippen LogP contribution < -0.4 is 14.4 Å². The van der Waals surface area contributed by atoms with Gasteiger partial charge in [-0.15, -0.1) is 0 Å². The lowest BCUT2D eigenvalue weighted by molar-refractivity contribution is 0.0985. The van der Waals surface area contributed by atoms with E-state index < -0.39 is 10.0 Å². The molecule has 2 aromatic carbocycles. The number of amides is 1. The maximum absolute atomic E-state index is 13.7. The fourth-order valence-corrected chi connectivity index (χ4v) is 7.09. The second-order valence-electron chi connectivity index (χ2n) is 9.77. The van der Waals surface area contributed by atoms with Crippen LogP contribution >= 0.6 is 11.3 Å². The summed E-state index contributed by atoms with van der Waals surface area (Å²) in [6, 6.07) is 9.91. The van der Waals surface area contributed by atoms with E-state index in [2.05, 4.69) is 0 Å². The number of thiazole rings is 1. The highest BCUT2D eigenvalue weighted by Gasteiger charge is 2.29. The van der Waals surface area contributed by atoms with Gasteiger partial charge in [-0.2, -0.15) is 4.31 Å². The molecule has 11 heteroatoms. The van der Waals surface area contributed by atoms with E-state index in [1.165, 1.54) is 27.8 Å². The molecule has 1 heterocycles. The summed E-state index contributed by atoms with van der Waals surface area (Å²) in [7, 11) is 5.06. The van der Waals surface area contributed by atoms with Gasteiger partial charge in [0.05, 0.1) is 29.3 Å². The zero-order chi connectivity index (χ0) is 27.4. The van der Waals surface area contributed by atoms with E-state index in [-0.39, 0.29) is 16.8 Å². The van der Waals surface area contributed by atoms with Crippen molar-refractivity contribution in [2.24, 2.45) is 0 Å². The minimum Gasteiger partial charge on any atom is -0.493 e. The van der Waals surface area contributed by atoms with Gasteiger partial charge in [-0.1, -0.05) is 30.6 Å². The van der Waals surface area contributed by atoms with Crippen LogP contribution in [0.4, 0.5) is 5.13 Å². The first-order chi connectivity index (χ1) is 18.1. The molecule has 0 saturated heterocycles. The molecule has 0 spiro atoms. The van der Waals surface area contributed by atoms with Crippen molar-refractivity contribution in [3.63, 3.8) is 0 Å². The molecule has 1 aromatic heterocycles. The number of likely N-dealkylation sites (N-methyl/N-ethyl adjacent to an activating group) is 1. The topological polar surface area (TPSA) is 92.3 Å². The molecule has 1 aliphatic carbocycles. The number of fused-ring (bicyclic) bond motifs is 1. The highest BCUT2D eigenvalue weighted by atomic mass is 32.2. The van der Waals surface area contributed by atoms with Gasteiger partial charge in [0.1, 0.15) is 0 Å². The van der Waals surface area contributed by atoms with E-state index in [0.29, 0.717) is 40.8 Å². The Bertz CT molecular complexity index is 1330. The Morgan fingerprint density at radius 1 is 0.974 bits per heavy atom. The van der Waals surface area contributed by atoms with Gasteiger partial charge in [-0.05, 0) is 51.2 Å². The average molecular weight is 561 g/mol. The number of nitrogens with zero attached hydrogens (tertiary/aromatic N) is 4. The van der Waals surface area contributed by atoms with Crippen molar-refractivity contribution in [1.82, 2.24) is 14.2 Å². The molecule has 4 rings (SSSR count). The molecule has 0 unspecified atom stereocenters. The maximum atomic E-state index is 13.7. The lowest BCUT2D eigenvalue weighted by Gasteiger charge is -2.30. The Morgan fingerprint density at radius 3 is 2.21 bits per heavy atom. The van der Waals surface area contributed by atoms with E-state index in [9.17, 15) is 13.2 Å². The van der Waals surface area contributed by atoms with Crippen molar-refractivity contribution in [3.8, 4) is 11.5 Å². The number of ether oxygens (including phenoxy) is 2. The van der Waals surface area contributed by atoms with Gasteiger partial charge in [0.2, 0.25) is 10.0 Å². The fraction of sp³-hybridized carbons (Fsp3) is 0.481. The van der Waals surface area contributed by atoms with Crippen LogP contribution in [0.2, 0.25) is 0 Å². The summed E-state index contributed by atoms with van der Waals surface area (Å²) < 4.78 is 39.7. The third-order valence-electron chi connectivity index (χ3n) is 7.00. The van der Waals surface area contributed by atoms with E-state index in [1.807, 2.05) is 25.1 Å². The number of aromatic nitrogens is 1. The molecule has 0 bridgehead atoms. The fourth-order valence-electron chi connectivity index (χ4n) is 4.67.